The van der Waals surface area contributed by atoms with Crippen LogP contribution in [0.4, 0.5) is 4.39 Å². The van der Waals surface area contributed by atoms with Gasteiger partial charge >= 0.3 is 5.97 Å². The first-order valence-corrected chi connectivity index (χ1v) is 8.50. The van der Waals surface area contributed by atoms with Gasteiger partial charge in [0.25, 0.3) is 0 Å². The highest BCUT2D eigenvalue weighted by Crippen LogP contribution is 2.22. The van der Waals surface area contributed by atoms with Gasteiger partial charge in [0.05, 0.1) is 13.3 Å². The Morgan fingerprint density at radius 2 is 1.79 bits per heavy atom. The number of esters is 1. The number of thioether (sulfide) groups is 1. The largest absolute Gasteiger partial charge is 0.465 e. The predicted molar refractivity (Wildman–Crippen MR) is 81.4 cm³/mol. The first-order chi connectivity index (χ1) is 9.11. The summed E-state index contributed by atoms with van der Waals surface area (Å²) in [6, 6.07) is 0. The zero-order valence-electron chi connectivity index (χ0n) is 12.6. The highest BCUT2D eigenvalue weighted by atomic mass is 32.2. The summed E-state index contributed by atoms with van der Waals surface area (Å²) in [6.07, 6.45) is 5.87. The van der Waals surface area contributed by atoms with Crippen molar-refractivity contribution in [2.45, 2.75) is 64.5 Å². The van der Waals surface area contributed by atoms with E-state index in [4.69, 9.17) is 4.74 Å². The van der Waals surface area contributed by atoms with Gasteiger partial charge < -0.3 is 4.74 Å². The number of hydrogen-bond donors (Lipinski definition) is 0. The number of ether oxygens (including phenoxy) is 1. The molecule has 4 heteroatoms. The highest BCUT2D eigenvalue weighted by Gasteiger charge is 2.21. The van der Waals surface area contributed by atoms with Crippen molar-refractivity contribution in [1.29, 1.82) is 0 Å². The van der Waals surface area contributed by atoms with E-state index in [9.17, 15) is 9.18 Å². The van der Waals surface area contributed by atoms with E-state index in [1.165, 1.54) is 0 Å². The lowest BCUT2D eigenvalue weighted by atomic mass is 10.1. The Hall–Kier alpha value is -0.250. The Balaban J connectivity index is 3.76. The van der Waals surface area contributed by atoms with Gasteiger partial charge in [0.1, 0.15) is 5.25 Å². The molecule has 1 atom stereocenters. The molecule has 0 saturated carbocycles. The SMILES string of the molecule is CCOC(=O)C(CC(C)C)SCCCCCCCF. The molecule has 0 rings (SSSR count). The van der Waals surface area contributed by atoms with Crippen LogP contribution in [-0.2, 0) is 9.53 Å². The minimum absolute atomic E-state index is 0.0224. The molecule has 0 aliphatic carbocycles. The van der Waals surface area contributed by atoms with Crippen LogP contribution in [-0.4, -0.2) is 30.3 Å². The number of unbranched alkanes of at least 4 members (excludes halogenated alkanes) is 4. The Morgan fingerprint density at radius 3 is 2.37 bits per heavy atom. The third kappa shape index (κ3) is 11.3. The van der Waals surface area contributed by atoms with E-state index in [0.717, 1.165) is 37.9 Å². The van der Waals surface area contributed by atoms with Crippen LogP contribution in [0.3, 0.4) is 0 Å². The van der Waals surface area contributed by atoms with Gasteiger partial charge in [-0.05, 0) is 37.9 Å². The first kappa shape index (κ1) is 18.8. The van der Waals surface area contributed by atoms with Crippen molar-refractivity contribution >= 4 is 17.7 Å². The molecule has 0 spiro atoms. The molecule has 0 amide bonds. The van der Waals surface area contributed by atoms with Gasteiger partial charge in [-0.3, -0.25) is 9.18 Å². The summed E-state index contributed by atoms with van der Waals surface area (Å²) in [5.41, 5.74) is 0. The molecule has 0 fully saturated rings. The topological polar surface area (TPSA) is 26.3 Å². The zero-order valence-corrected chi connectivity index (χ0v) is 13.4. The van der Waals surface area contributed by atoms with Crippen LogP contribution in [0.1, 0.15) is 59.3 Å². The molecule has 0 saturated heterocycles. The maximum absolute atomic E-state index is 11.9. The highest BCUT2D eigenvalue weighted by molar-refractivity contribution is 8.00. The van der Waals surface area contributed by atoms with Crippen LogP contribution in [0, 0.1) is 5.92 Å². The van der Waals surface area contributed by atoms with Gasteiger partial charge in [-0.15, -0.1) is 11.8 Å². The monoisotopic (exact) mass is 292 g/mol. The maximum Gasteiger partial charge on any atom is 0.319 e. The number of halogens is 1. The van der Waals surface area contributed by atoms with E-state index in [-0.39, 0.29) is 17.9 Å². The molecule has 19 heavy (non-hydrogen) atoms. The van der Waals surface area contributed by atoms with Crippen molar-refractivity contribution < 1.29 is 13.9 Å². The molecular formula is C15H29FO2S. The van der Waals surface area contributed by atoms with Crippen molar-refractivity contribution in [1.82, 2.24) is 0 Å². The van der Waals surface area contributed by atoms with E-state index in [1.54, 1.807) is 11.8 Å². The van der Waals surface area contributed by atoms with E-state index < -0.39 is 0 Å². The summed E-state index contributed by atoms with van der Waals surface area (Å²) in [6.45, 7) is 6.36. The molecule has 0 aromatic rings. The Labute approximate surface area is 121 Å². The molecule has 114 valence electrons. The van der Waals surface area contributed by atoms with Crippen molar-refractivity contribution in [2.24, 2.45) is 5.92 Å². The van der Waals surface area contributed by atoms with Crippen LogP contribution in [0.5, 0.6) is 0 Å². The second-order valence-electron chi connectivity index (χ2n) is 5.20. The number of rotatable bonds is 12. The lowest BCUT2D eigenvalue weighted by Gasteiger charge is -2.17. The second-order valence-corrected chi connectivity index (χ2v) is 6.51. The number of hydrogen-bond acceptors (Lipinski definition) is 3. The molecule has 0 bridgehead atoms. The first-order valence-electron chi connectivity index (χ1n) is 7.46. The second kappa shape index (κ2) is 12.8. The van der Waals surface area contributed by atoms with E-state index in [2.05, 4.69) is 13.8 Å². The van der Waals surface area contributed by atoms with E-state index >= 15 is 0 Å². The molecule has 0 aromatic carbocycles. The lowest BCUT2D eigenvalue weighted by Crippen LogP contribution is -2.22. The third-order valence-electron chi connectivity index (χ3n) is 2.83. The number of carbonyl (C=O) groups excluding carboxylic acids is 1. The molecule has 0 aromatic heterocycles. The number of alkyl halides is 1. The summed E-state index contributed by atoms with van der Waals surface area (Å²) < 4.78 is 17.0. The van der Waals surface area contributed by atoms with Crippen LogP contribution >= 0.6 is 11.8 Å². The summed E-state index contributed by atoms with van der Waals surface area (Å²) in [4.78, 5) is 11.8. The van der Waals surface area contributed by atoms with E-state index in [0.29, 0.717) is 18.9 Å². The summed E-state index contributed by atoms with van der Waals surface area (Å²) in [5.74, 6) is 1.43. The fraction of sp³-hybridized carbons (Fsp3) is 0.933. The maximum atomic E-state index is 11.9. The fourth-order valence-corrected chi connectivity index (χ4v) is 3.23. The van der Waals surface area contributed by atoms with Gasteiger partial charge in [0, 0.05) is 0 Å². The Bertz CT molecular complexity index is 222. The van der Waals surface area contributed by atoms with Gasteiger partial charge in [-0.2, -0.15) is 0 Å². The summed E-state index contributed by atoms with van der Waals surface area (Å²) in [5, 5.41) is -0.0224. The van der Waals surface area contributed by atoms with Gasteiger partial charge in [-0.25, -0.2) is 0 Å². The standard InChI is InChI=1S/C15H29FO2S/c1-4-18-15(17)14(12-13(2)3)19-11-9-7-5-6-8-10-16/h13-14H,4-12H2,1-3H3. The van der Waals surface area contributed by atoms with Crippen molar-refractivity contribution in [2.75, 3.05) is 19.0 Å². The predicted octanol–water partition coefficient (Wildman–Crippen LogP) is 4.62. The lowest BCUT2D eigenvalue weighted by molar-refractivity contribution is -0.142. The van der Waals surface area contributed by atoms with Crippen molar-refractivity contribution in [3.8, 4) is 0 Å². The summed E-state index contributed by atoms with van der Waals surface area (Å²) >= 11 is 1.71. The van der Waals surface area contributed by atoms with Gasteiger partial charge in [-0.1, -0.05) is 33.1 Å². The molecule has 0 aliphatic rings. The number of carbonyl (C=O) groups is 1. The molecule has 2 nitrogen and oxygen atoms in total. The average molecular weight is 292 g/mol. The molecule has 0 N–H and O–H groups in total. The average Bonchev–Trinajstić information content (AvgIpc) is 2.36. The Morgan fingerprint density at radius 1 is 1.16 bits per heavy atom. The van der Waals surface area contributed by atoms with Crippen molar-refractivity contribution in [3.63, 3.8) is 0 Å². The quantitative estimate of drug-likeness (QED) is 0.388. The Kier molecular flexibility index (Phi) is 12.6. The van der Waals surface area contributed by atoms with Crippen molar-refractivity contribution in [3.05, 3.63) is 0 Å². The van der Waals surface area contributed by atoms with Gasteiger partial charge in [0.15, 0.2) is 0 Å². The fourth-order valence-electron chi connectivity index (χ4n) is 1.85. The minimum atomic E-state index is -0.200. The summed E-state index contributed by atoms with van der Waals surface area (Å²) in [7, 11) is 0. The van der Waals surface area contributed by atoms with Crippen LogP contribution in [0.15, 0.2) is 0 Å². The smallest absolute Gasteiger partial charge is 0.319 e. The zero-order chi connectivity index (χ0) is 14.5. The van der Waals surface area contributed by atoms with Crippen LogP contribution < -0.4 is 0 Å². The van der Waals surface area contributed by atoms with E-state index in [1.807, 2.05) is 6.92 Å². The van der Waals surface area contributed by atoms with Crippen LogP contribution in [0.2, 0.25) is 0 Å². The molecule has 1 unspecified atom stereocenters. The molecule has 0 radical (unpaired) electrons. The normalized spacial score (nSPS) is 12.7. The molecule has 0 heterocycles. The van der Waals surface area contributed by atoms with Gasteiger partial charge in [0.2, 0.25) is 0 Å². The third-order valence-corrected chi connectivity index (χ3v) is 4.14. The van der Waals surface area contributed by atoms with Crippen LogP contribution in [0.25, 0.3) is 0 Å². The minimum Gasteiger partial charge on any atom is -0.465 e. The molecular weight excluding hydrogens is 263 g/mol. The molecule has 0 aliphatic heterocycles.